The highest BCUT2D eigenvalue weighted by Gasteiger charge is 2.12. The van der Waals surface area contributed by atoms with Crippen LogP contribution in [0.25, 0.3) is 0 Å². The topological polar surface area (TPSA) is 79.4 Å². The van der Waals surface area contributed by atoms with Gasteiger partial charge in [0.2, 0.25) is 0 Å². The zero-order chi connectivity index (χ0) is 21.5. The number of carbonyl (C=O) groups excluding carboxylic acids is 1. The second-order valence-corrected chi connectivity index (χ2v) is 6.69. The molecule has 0 unspecified atom stereocenters. The average Bonchev–Trinajstić information content (AvgIpc) is 2.75. The van der Waals surface area contributed by atoms with Gasteiger partial charge >= 0.3 is 0 Å². The van der Waals surface area contributed by atoms with Crippen LogP contribution in [0.2, 0.25) is 0 Å². The molecule has 0 spiro atoms. The fourth-order valence-electron chi connectivity index (χ4n) is 3.14. The molecule has 0 radical (unpaired) electrons. The molecule has 7 heteroatoms. The van der Waals surface area contributed by atoms with Crippen molar-refractivity contribution in [2.45, 2.75) is 20.8 Å². The van der Waals surface area contributed by atoms with Gasteiger partial charge in [0.1, 0.15) is 23.2 Å². The number of benzene rings is 2. The van der Waals surface area contributed by atoms with Gasteiger partial charge in [0.25, 0.3) is 5.91 Å². The van der Waals surface area contributed by atoms with Gasteiger partial charge in [0, 0.05) is 30.5 Å². The minimum atomic E-state index is -0.219. The van der Waals surface area contributed by atoms with Gasteiger partial charge < -0.3 is 20.3 Å². The second-order valence-electron chi connectivity index (χ2n) is 6.69. The van der Waals surface area contributed by atoms with Crippen molar-refractivity contribution in [2.24, 2.45) is 0 Å². The van der Waals surface area contributed by atoms with Crippen LogP contribution in [0.5, 0.6) is 5.75 Å². The van der Waals surface area contributed by atoms with E-state index in [9.17, 15) is 4.79 Å². The molecule has 7 nitrogen and oxygen atoms in total. The summed E-state index contributed by atoms with van der Waals surface area (Å²) in [5.41, 5.74) is 2.05. The van der Waals surface area contributed by atoms with Gasteiger partial charge in [0.05, 0.1) is 12.7 Å². The summed E-state index contributed by atoms with van der Waals surface area (Å²) in [6.07, 6.45) is 0. The zero-order valence-electron chi connectivity index (χ0n) is 17.8. The molecular weight excluding hydrogens is 378 g/mol. The molecular formula is C23H27N5O2. The van der Waals surface area contributed by atoms with Gasteiger partial charge in [-0.15, -0.1) is 0 Å². The van der Waals surface area contributed by atoms with Crippen LogP contribution in [0.1, 0.15) is 30.0 Å². The van der Waals surface area contributed by atoms with Crippen molar-refractivity contribution >= 4 is 28.9 Å². The number of hydrogen-bond acceptors (Lipinski definition) is 6. The highest BCUT2D eigenvalue weighted by atomic mass is 16.5. The minimum Gasteiger partial charge on any atom is -0.496 e. The van der Waals surface area contributed by atoms with Crippen molar-refractivity contribution in [3.63, 3.8) is 0 Å². The molecule has 1 aromatic heterocycles. The zero-order valence-corrected chi connectivity index (χ0v) is 17.8. The Balaban J connectivity index is 1.71. The molecule has 0 atom stereocenters. The van der Waals surface area contributed by atoms with E-state index in [4.69, 9.17) is 4.74 Å². The summed E-state index contributed by atoms with van der Waals surface area (Å²) < 4.78 is 5.26. The van der Waals surface area contributed by atoms with E-state index in [1.807, 2.05) is 43.3 Å². The number of amides is 1. The Kier molecular flexibility index (Phi) is 6.85. The minimum absolute atomic E-state index is 0.219. The summed E-state index contributed by atoms with van der Waals surface area (Å²) >= 11 is 0. The molecule has 1 amide bonds. The number of methoxy groups -OCH3 is 1. The number of nitrogens with zero attached hydrogens (tertiary/aromatic N) is 3. The lowest BCUT2D eigenvalue weighted by Gasteiger charge is -2.20. The third-order valence-electron chi connectivity index (χ3n) is 4.68. The van der Waals surface area contributed by atoms with Crippen LogP contribution < -0.4 is 20.3 Å². The molecule has 0 saturated heterocycles. The van der Waals surface area contributed by atoms with Crippen LogP contribution in [0.4, 0.5) is 23.0 Å². The van der Waals surface area contributed by atoms with Crippen LogP contribution in [-0.2, 0) is 0 Å². The first-order chi connectivity index (χ1) is 14.5. The van der Waals surface area contributed by atoms with E-state index < -0.39 is 0 Å². The smallest absolute Gasteiger partial charge is 0.259 e. The van der Waals surface area contributed by atoms with Crippen molar-refractivity contribution in [1.29, 1.82) is 0 Å². The number of rotatable bonds is 8. The van der Waals surface area contributed by atoms with Crippen molar-refractivity contribution in [3.05, 3.63) is 66.0 Å². The molecule has 0 fully saturated rings. The third kappa shape index (κ3) is 5.05. The molecule has 0 aliphatic heterocycles. The van der Waals surface area contributed by atoms with E-state index in [1.54, 1.807) is 25.3 Å². The van der Waals surface area contributed by atoms with E-state index in [0.29, 0.717) is 22.8 Å². The van der Waals surface area contributed by atoms with E-state index >= 15 is 0 Å². The van der Waals surface area contributed by atoms with Gasteiger partial charge in [0.15, 0.2) is 0 Å². The summed E-state index contributed by atoms with van der Waals surface area (Å²) in [6.45, 7) is 7.85. The molecule has 0 bridgehead atoms. The molecule has 0 aliphatic rings. The number of hydrogen-bond donors (Lipinski definition) is 2. The molecule has 30 heavy (non-hydrogen) atoms. The summed E-state index contributed by atoms with van der Waals surface area (Å²) in [6, 6.07) is 16.5. The van der Waals surface area contributed by atoms with E-state index in [1.165, 1.54) is 0 Å². The van der Waals surface area contributed by atoms with Gasteiger partial charge in [-0.3, -0.25) is 4.79 Å². The third-order valence-corrected chi connectivity index (χ3v) is 4.68. The Morgan fingerprint density at radius 2 is 1.67 bits per heavy atom. The second kappa shape index (κ2) is 9.73. The molecule has 3 aromatic rings. The SMILES string of the molecule is CCN(CC)c1cc(Nc2ccc(NC(=O)c3ccccc3OC)cc2)nc(C)n1. The lowest BCUT2D eigenvalue weighted by atomic mass is 10.2. The largest absolute Gasteiger partial charge is 0.496 e. The lowest BCUT2D eigenvalue weighted by Crippen LogP contribution is -2.23. The maximum absolute atomic E-state index is 12.5. The summed E-state index contributed by atoms with van der Waals surface area (Å²) in [7, 11) is 1.55. The fourth-order valence-corrected chi connectivity index (χ4v) is 3.14. The van der Waals surface area contributed by atoms with Gasteiger partial charge in [-0.2, -0.15) is 0 Å². The first-order valence-electron chi connectivity index (χ1n) is 9.96. The predicted molar refractivity (Wildman–Crippen MR) is 121 cm³/mol. The predicted octanol–water partition coefficient (Wildman–Crippen LogP) is 4.64. The normalized spacial score (nSPS) is 10.4. The fraction of sp³-hybridized carbons (Fsp3) is 0.261. The first-order valence-corrected chi connectivity index (χ1v) is 9.96. The molecule has 0 aliphatic carbocycles. The highest BCUT2D eigenvalue weighted by molar-refractivity contribution is 6.06. The molecule has 156 valence electrons. The Morgan fingerprint density at radius 3 is 2.33 bits per heavy atom. The van der Waals surface area contributed by atoms with Crippen molar-refractivity contribution in [1.82, 2.24) is 9.97 Å². The summed E-state index contributed by atoms with van der Waals surface area (Å²) in [5.74, 6) is 2.66. The van der Waals surface area contributed by atoms with Gasteiger partial charge in [-0.25, -0.2) is 9.97 Å². The number of nitrogens with one attached hydrogen (secondary N) is 2. The molecule has 2 N–H and O–H groups in total. The monoisotopic (exact) mass is 405 g/mol. The number of carbonyl (C=O) groups is 1. The molecule has 3 rings (SSSR count). The van der Waals surface area contributed by atoms with Crippen molar-refractivity contribution in [2.75, 3.05) is 35.7 Å². The Hall–Kier alpha value is -3.61. The first kappa shape index (κ1) is 21.1. The van der Waals surface area contributed by atoms with Crippen molar-refractivity contribution in [3.8, 4) is 5.75 Å². The number of anilines is 4. The van der Waals surface area contributed by atoms with Crippen LogP contribution in [-0.4, -0.2) is 36.1 Å². The van der Waals surface area contributed by atoms with Gasteiger partial charge in [-0.05, 0) is 57.2 Å². The standard InChI is InChI=1S/C23H27N5O2/c1-5-28(6-2)22-15-21(24-16(3)25-22)26-17-11-13-18(14-12-17)27-23(29)19-9-7-8-10-20(19)30-4/h7-15H,5-6H2,1-4H3,(H,27,29)(H,24,25,26). The summed E-state index contributed by atoms with van der Waals surface area (Å²) in [4.78, 5) is 23.7. The van der Waals surface area contributed by atoms with Gasteiger partial charge in [-0.1, -0.05) is 12.1 Å². The Bertz CT molecular complexity index is 1000. The van der Waals surface area contributed by atoms with Crippen molar-refractivity contribution < 1.29 is 9.53 Å². The Labute approximate surface area is 177 Å². The van der Waals surface area contributed by atoms with Crippen LogP contribution in [0.15, 0.2) is 54.6 Å². The highest BCUT2D eigenvalue weighted by Crippen LogP contribution is 2.23. The number of aryl methyl sites for hydroxylation is 1. The number of para-hydroxylation sites is 1. The maximum atomic E-state index is 12.5. The van der Waals surface area contributed by atoms with E-state index in [2.05, 4.69) is 39.3 Å². The maximum Gasteiger partial charge on any atom is 0.259 e. The quantitative estimate of drug-likeness (QED) is 0.569. The summed E-state index contributed by atoms with van der Waals surface area (Å²) in [5, 5.41) is 6.20. The Morgan fingerprint density at radius 1 is 1.00 bits per heavy atom. The molecule has 2 aromatic carbocycles. The lowest BCUT2D eigenvalue weighted by molar-refractivity contribution is 0.102. The van der Waals surface area contributed by atoms with Crippen LogP contribution in [0.3, 0.4) is 0 Å². The van der Waals surface area contributed by atoms with E-state index in [0.717, 1.165) is 30.4 Å². The molecule has 1 heterocycles. The van der Waals surface area contributed by atoms with Crippen LogP contribution in [0, 0.1) is 6.92 Å². The number of aromatic nitrogens is 2. The van der Waals surface area contributed by atoms with Crippen LogP contribution >= 0.6 is 0 Å². The number of ether oxygens (including phenoxy) is 1. The van der Waals surface area contributed by atoms with E-state index in [-0.39, 0.29) is 5.91 Å². The average molecular weight is 406 g/mol. The molecule has 0 saturated carbocycles.